The zero-order valence-electron chi connectivity index (χ0n) is 14.0. The van der Waals surface area contributed by atoms with Crippen molar-refractivity contribution in [3.05, 3.63) is 53.6 Å². The average molecular weight is 344 g/mol. The van der Waals surface area contributed by atoms with Gasteiger partial charge < -0.3 is 9.47 Å². The van der Waals surface area contributed by atoms with E-state index in [-0.39, 0.29) is 24.4 Å². The zero-order chi connectivity index (χ0) is 17.5. The Bertz CT molecular complexity index is 726. The average Bonchev–Trinajstić information content (AvgIpc) is 2.65. The van der Waals surface area contributed by atoms with Crippen LogP contribution in [0.2, 0.25) is 0 Å². The molecule has 0 fully saturated rings. The van der Waals surface area contributed by atoms with Crippen molar-refractivity contribution in [3.8, 4) is 11.5 Å². The highest BCUT2D eigenvalue weighted by Crippen LogP contribution is 2.35. The van der Waals surface area contributed by atoms with Crippen molar-refractivity contribution in [2.24, 2.45) is 0 Å². The SMILES string of the molecule is COc1cc(SC)c(C(=O)CCC(=O)c2ccccc2)cc1OC. The van der Waals surface area contributed by atoms with Gasteiger partial charge in [-0.05, 0) is 18.4 Å². The summed E-state index contributed by atoms with van der Waals surface area (Å²) in [6.45, 7) is 0. The van der Waals surface area contributed by atoms with Gasteiger partial charge in [-0.2, -0.15) is 0 Å². The van der Waals surface area contributed by atoms with Gasteiger partial charge in [0, 0.05) is 28.9 Å². The first-order chi connectivity index (χ1) is 11.6. The molecule has 0 saturated carbocycles. The van der Waals surface area contributed by atoms with E-state index in [0.29, 0.717) is 22.6 Å². The summed E-state index contributed by atoms with van der Waals surface area (Å²) in [7, 11) is 3.09. The number of carbonyl (C=O) groups is 2. The molecular formula is C19H20O4S. The first-order valence-electron chi connectivity index (χ1n) is 7.52. The van der Waals surface area contributed by atoms with E-state index in [1.165, 1.54) is 18.9 Å². The molecule has 0 heterocycles. The third-order valence-corrected chi connectivity index (χ3v) is 4.46. The predicted octanol–water partition coefficient (Wildman–Crippen LogP) is 4.27. The number of ether oxygens (including phenoxy) is 2. The molecule has 0 aromatic heterocycles. The van der Waals surface area contributed by atoms with E-state index >= 15 is 0 Å². The van der Waals surface area contributed by atoms with E-state index in [1.54, 1.807) is 31.4 Å². The van der Waals surface area contributed by atoms with Crippen molar-refractivity contribution >= 4 is 23.3 Å². The first kappa shape index (κ1) is 18.1. The van der Waals surface area contributed by atoms with Gasteiger partial charge in [-0.3, -0.25) is 9.59 Å². The molecule has 0 spiro atoms. The van der Waals surface area contributed by atoms with Gasteiger partial charge in [-0.1, -0.05) is 30.3 Å². The lowest BCUT2D eigenvalue weighted by Gasteiger charge is -2.13. The molecular weight excluding hydrogens is 324 g/mol. The number of carbonyl (C=O) groups excluding carboxylic acids is 2. The fourth-order valence-electron chi connectivity index (χ4n) is 2.38. The standard InChI is InChI=1S/C19H20O4S/c1-22-17-11-14(19(24-3)12-18(17)23-2)16(21)10-9-15(20)13-7-5-4-6-8-13/h4-8,11-12H,9-10H2,1-3H3. The number of rotatable bonds is 8. The fourth-order valence-corrected chi connectivity index (χ4v) is 2.99. The van der Waals surface area contributed by atoms with E-state index < -0.39 is 0 Å². The van der Waals surface area contributed by atoms with E-state index in [2.05, 4.69) is 0 Å². The molecule has 0 radical (unpaired) electrons. The molecule has 0 aliphatic carbocycles. The predicted molar refractivity (Wildman–Crippen MR) is 95.7 cm³/mol. The molecule has 2 aromatic rings. The van der Waals surface area contributed by atoms with Crippen molar-refractivity contribution in [2.45, 2.75) is 17.7 Å². The van der Waals surface area contributed by atoms with Crippen molar-refractivity contribution in [3.63, 3.8) is 0 Å². The van der Waals surface area contributed by atoms with Crippen LogP contribution in [0.15, 0.2) is 47.4 Å². The Balaban J connectivity index is 2.16. The Morgan fingerprint density at radius 3 is 2.08 bits per heavy atom. The minimum Gasteiger partial charge on any atom is -0.493 e. The molecule has 2 aromatic carbocycles. The van der Waals surface area contributed by atoms with Gasteiger partial charge >= 0.3 is 0 Å². The Labute approximate surface area is 146 Å². The molecule has 0 aliphatic heterocycles. The van der Waals surface area contributed by atoms with Crippen molar-refractivity contribution in [2.75, 3.05) is 20.5 Å². The molecule has 0 saturated heterocycles. The lowest BCUT2D eigenvalue weighted by Crippen LogP contribution is -2.07. The molecule has 126 valence electrons. The molecule has 2 rings (SSSR count). The van der Waals surface area contributed by atoms with Crippen molar-refractivity contribution in [1.82, 2.24) is 0 Å². The summed E-state index contributed by atoms with van der Waals surface area (Å²) < 4.78 is 10.5. The smallest absolute Gasteiger partial charge is 0.164 e. The van der Waals surface area contributed by atoms with Crippen LogP contribution in [0.3, 0.4) is 0 Å². The number of thioether (sulfide) groups is 1. The number of Topliss-reactive ketones (excluding diaryl/α,β-unsaturated/α-hetero) is 2. The minimum absolute atomic E-state index is 0.0323. The maximum absolute atomic E-state index is 12.6. The second kappa shape index (κ2) is 8.55. The number of hydrogen-bond donors (Lipinski definition) is 0. The quantitative estimate of drug-likeness (QED) is 0.529. The van der Waals surface area contributed by atoms with E-state index in [1.807, 2.05) is 24.5 Å². The third kappa shape index (κ3) is 4.17. The Morgan fingerprint density at radius 1 is 0.917 bits per heavy atom. The summed E-state index contributed by atoms with van der Waals surface area (Å²) in [6, 6.07) is 12.5. The van der Waals surface area contributed by atoms with E-state index in [4.69, 9.17) is 9.47 Å². The van der Waals surface area contributed by atoms with Crippen LogP contribution in [0.5, 0.6) is 11.5 Å². The van der Waals surface area contributed by atoms with Crippen molar-refractivity contribution < 1.29 is 19.1 Å². The normalized spacial score (nSPS) is 10.3. The second-order valence-corrected chi connectivity index (χ2v) is 5.97. The summed E-state index contributed by atoms with van der Waals surface area (Å²) in [4.78, 5) is 25.5. The van der Waals surface area contributed by atoms with Crippen LogP contribution in [-0.2, 0) is 0 Å². The monoisotopic (exact) mass is 344 g/mol. The Morgan fingerprint density at radius 2 is 1.50 bits per heavy atom. The molecule has 0 aliphatic rings. The molecule has 5 heteroatoms. The van der Waals surface area contributed by atoms with Gasteiger partial charge in [0.15, 0.2) is 23.1 Å². The van der Waals surface area contributed by atoms with Crippen LogP contribution in [0.25, 0.3) is 0 Å². The van der Waals surface area contributed by atoms with Gasteiger partial charge in [0.25, 0.3) is 0 Å². The van der Waals surface area contributed by atoms with Crippen LogP contribution in [-0.4, -0.2) is 32.0 Å². The second-order valence-electron chi connectivity index (χ2n) is 5.12. The summed E-state index contributed by atoms with van der Waals surface area (Å²) in [5.41, 5.74) is 1.18. The molecule has 0 unspecified atom stereocenters. The van der Waals surface area contributed by atoms with E-state index in [0.717, 1.165) is 4.90 Å². The molecule has 0 amide bonds. The molecule has 24 heavy (non-hydrogen) atoms. The summed E-state index contributed by atoms with van der Waals surface area (Å²) in [5.74, 6) is 0.978. The van der Waals surface area contributed by atoms with Crippen LogP contribution < -0.4 is 9.47 Å². The van der Waals surface area contributed by atoms with Gasteiger partial charge in [-0.25, -0.2) is 0 Å². The van der Waals surface area contributed by atoms with Gasteiger partial charge in [0.2, 0.25) is 0 Å². The number of benzene rings is 2. The Kier molecular flexibility index (Phi) is 6.44. The number of methoxy groups -OCH3 is 2. The van der Waals surface area contributed by atoms with Crippen LogP contribution in [0, 0.1) is 0 Å². The molecule has 0 N–H and O–H groups in total. The summed E-state index contributed by atoms with van der Waals surface area (Å²) in [6.07, 6.45) is 2.24. The lowest BCUT2D eigenvalue weighted by molar-refractivity contribution is 0.0916. The maximum Gasteiger partial charge on any atom is 0.164 e. The van der Waals surface area contributed by atoms with E-state index in [9.17, 15) is 9.59 Å². The highest BCUT2D eigenvalue weighted by atomic mass is 32.2. The largest absolute Gasteiger partial charge is 0.493 e. The summed E-state index contributed by atoms with van der Waals surface area (Å²) >= 11 is 1.46. The summed E-state index contributed by atoms with van der Waals surface area (Å²) in [5, 5.41) is 0. The lowest BCUT2D eigenvalue weighted by atomic mass is 10.0. The van der Waals surface area contributed by atoms with Crippen LogP contribution in [0.1, 0.15) is 33.6 Å². The number of ketones is 2. The van der Waals surface area contributed by atoms with Gasteiger partial charge in [0.1, 0.15) is 0 Å². The molecule has 4 nitrogen and oxygen atoms in total. The third-order valence-electron chi connectivity index (χ3n) is 3.68. The topological polar surface area (TPSA) is 52.6 Å². The highest BCUT2D eigenvalue weighted by Gasteiger charge is 2.17. The zero-order valence-corrected chi connectivity index (χ0v) is 14.8. The number of hydrogen-bond acceptors (Lipinski definition) is 5. The van der Waals surface area contributed by atoms with Crippen LogP contribution in [0.4, 0.5) is 0 Å². The highest BCUT2D eigenvalue weighted by molar-refractivity contribution is 7.98. The van der Waals surface area contributed by atoms with Crippen LogP contribution >= 0.6 is 11.8 Å². The minimum atomic E-state index is -0.0791. The van der Waals surface area contributed by atoms with Crippen molar-refractivity contribution in [1.29, 1.82) is 0 Å². The van der Waals surface area contributed by atoms with Gasteiger partial charge in [0.05, 0.1) is 14.2 Å². The maximum atomic E-state index is 12.6. The molecule has 0 atom stereocenters. The Hall–Kier alpha value is -2.27. The molecule has 0 bridgehead atoms. The first-order valence-corrected chi connectivity index (χ1v) is 8.74. The van der Waals surface area contributed by atoms with Gasteiger partial charge in [-0.15, -0.1) is 11.8 Å². The fraction of sp³-hybridized carbons (Fsp3) is 0.263.